The summed E-state index contributed by atoms with van der Waals surface area (Å²) in [7, 11) is 1.75. The van der Waals surface area contributed by atoms with Gasteiger partial charge in [-0.2, -0.15) is 5.10 Å². The fraction of sp³-hybridized carbons (Fsp3) is 0.615. The third-order valence-electron chi connectivity index (χ3n) is 3.79. The van der Waals surface area contributed by atoms with Crippen molar-refractivity contribution in [1.82, 2.24) is 15.1 Å². The number of nitrogens with one attached hydrogen (secondary N) is 1. The molecule has 20 heavy (non-hydrogen) atoms. The number of amides is 1. The Hall–Kier alpha value is -2.05. The number of nitrogens with two attached hydrogens (primary N) is 1. The lowest BCUT2D eigenvalue weighted by molar-refractivity contribution is 0.0924. The summed E-state index contributed by atoms with van der Waals surface area (Å²) in [6.45, 7) is 0. The van der Waals surface area contributed by atoms with E-state index < -0.39 is 6.04 Å². The van der Waals surface area contributed by atoms with Gasteiger partial charge in [-0.05, 0) is 24.8 Å². The Morgan fingerprint density at radius 3 is 2.80 bits per heavy atom. The van der Waals surface area contributed by atoms with Crippen LogP contribution in [0.25, 0.3) is 0 Å². The van der Waals surface area contributed by atoms with Crippen LogP contribution < -0.4 is 11.1 Å². The van der Waals surface area contributed by atoms with Gasteiger partial charge in [0.05, 0.1) is 6.04 Å². The number of nitrogens with zero attached hydrogens (tertiary/aromatic N) is 3. The molecule has 1 heterocycles. The van der Waals surface area contributed by atoms with E-state index in [1.165, 1.54) is 6.42 Å². The average Bonchev–Trinajstić information content (AvgIpc) is 2.91. The van der Waals surface area contributed by atoms with Crippen molar-refractivity contribution in [2.75, 3.05) is 0 Å². The van der Waals surface area contributed by atoms with Crippen molar-refractivity contribution in [3.63, 3.8) is 0 Å². The van der Waals surface area contributed by atoms with Crippen LogP contribution >= 0.6 is 0 Å². The van der Waals surface area contributed by atoms with E-state index in [4.69, 9.17) is 10.9 Å². The van der Waals surface area contributed by atoms with E-state index in [2.05, 4.69) is 15.6 Å². The molecular formula is C13H21N5O2. The average molecular weight is 279 g/mol. The highest BCUT2D eigenvalue weighted by atomic mass is 16.4. The number of oxime groups is 1. The summed E-state index contributed by atoms with van der Waals surface area (Å²) < 4.78 is 1.56. The van der Waals surface area contributed by atoms with E-state index in [-0.39, 0.29) is 17.7 Å². The van der Waals surface area contributed by atoms with Gasteiger partial charge in [-0.3, -0.25) is 9.48 Å². The van der Waals surface area contributed by atoms with E-state index in [0.29, 0.717) is 5.69 Å². The first-order valence-corrected chi connectivity index (χ1v) is 6.89. The van der Waals surface area contributed by atoms with Crippen LogP contribution in [0.2, 0.25) is 0 Å². The molecule has 7 nitrogen and oxygen atoms in total. The molecule has 0 radical (unpaired) electrons. The van der Waals surface area contributed by atoms with Crippen LogP contribution in [-0.2, 0) is 7.05 Å². The van der Waals surface area contributed by atoms with Crippen molar-refractivity contribution >= 4 is 11.7 Å². The number of carbonyl (C=O) groups is 1. The van der Waals surface area contributed by atoms with E-state index in [1.54, 1.807) is 24.0 Å². The Morgan fingerprint density at radius 1 is 1.55 bits per heavy atom. The van der Waals surface area contributed by atoms with Gasteiger partial charge in [0, 0.05) is 13.2 Å². The van der Waals surface area contributed by atoms with E-state index in [0.717, 1.165) is 25.7 Å². The second-order valence-electron chi connectivity index (χ2n) is 5.25. The first-order chi connectivity index (χ1) is 9.61. The summed E-state index contributed by atoms with van der Waals surface area (Å²) in [6, 6.07) is 1.20. The number of hydrogen-bond donors (Lipinski definition) is 3. The van der Waals surface area contributed by atoms with Gasteiger partial charge in [0.25, 0.3) is 5.91 Å². The summed E-state index contributed by atoms with van der Waals surface area (Å²) in [5, 5.41) is 18.9. The van der Waals surface area contributed by atoms with Gasteiger partial charge in [-0.15, -0.1) is 0 Å². The Kier molecular flexibility index (Phi) is 4.60. The monoisotopic (exact) mass is 279 g/mol. The largest absolute Gasteiger partial charge is 0.409 e. The standard InChI is InChI=1S/C13H21N5O2/c1-18-8-7-10(16-18)13(19)15-11(12(14)17-20)9-5-3-2-4-6-9/h7-9,11,20H,2-6H2,1H3,(H2,14,17)(H,15,19). The van der Waals surface area contributed by atoms with Crippen LogP contribution in [-0.4, -0.2) is 32.8 Å². The molecule has 1 unspecified atom stereocenters. The van der Waals surface area contributed by atoms with Crippen LogP contribution in [0.4, 0.5) is 0 Å². The number of hydrogen-bond acceptors (Lipinski definition) is 4. The third-order valence-corrected chi connectivity index (χ3v) is 3.79. The minimum atomic E-state index is -0.435. The lowest BCUT2D eigenvalue weighted by atomic mass is 9.83. The smallest absolute Gasteiger partial charge is 0.272 e. The molecule has 0 saturated heterocycles. The van der Waals surface area contributed by atoms with E-state index in [9.17, 15) is 4.79 Å². The summed E-state index contributed by atoms with van der Waals surface area (Å²) in [5.41, 5.74) is 6.07. The molecule has 1 aliphatic carbocycles. The maximum atomic E-state index is 12.2. The lowest BCUT2D eigenvalue weighted by Gasteiger charge is -2.29. The van der Waals surface area contributed by atoms with Gasteiger partial charge in [-0.1, -0.05) is 24.4 Å². The quantitative estimate of drug-likeness (QED) is 0.329. The predicted molar refractivity (Wildman–Crippen MR) is 74.4 cm³/mol. The SMILES string of the molecule is Cn1ccc(C(=O)NC(/C(N)=N/O)C2CCCCC2)n1. The zero-order chi connectivity index (χ0) is 14.5. The van der Waals surface area contributed by atoms with Gasteiger partial charge >= 0.3 is 0 Å². The molecular weight excluding hydrogens is 258 g/mol. The molecule has 0 aromatic carbocycles. The molecule has 0 spiro atoms. The molecule has 4 N–H and O–H groups in total. The maximum absolute atomic E-state index is 12.2. The molecule has 110 valence electrons. The normalized spacial score (nSPS) is 18.8. The second-order valence-corrected chi connectivity index (χ2v) is 5.25. The number of aromatic nitrogens is 2. The minimum Gasteiger partial charge on any atom is -0.409 e. The van der Waals surface area contributed by atoms with Gasteiger partial charge in [0.15, 0.2) is 5.84 Å². The summed E-state index contributed by atoms with van der Waals surface area (Å²) in [5.74, 6) is -0.0266. The topological polar surface area (TPSA) is 106 Å². The molecule has 1 saturated carbocycles. The van der Waals surface area contributed by atoms with Gasteiger partial charge < -0.3 is 16.3 Å². The van der Waals surface area contributed by atoms with Crippen LogP contribution in [0.15, 0.2) is 17.4 Å². The second kappa shape index (κ2) is 6.40. The fourth-order valence-corrected chi connectivity index (χ4v) is 2.71. The fourth-order valence-electron chi connectivity index (χ4n) is 2.71. The van der Waals surface area contributed by atoms with Gasteiger partial charge in [0.2, 0.25) is 0 Å². The molecule has 1 aromatic rings. The molecule has 7 heteroatoms. The summed E-state index contributed by atoms with van der Waals surface area (Å²) in [4.78, 5) is 12.2. The van der Waals surface area contributed by atoms with Crippen molar-refractivity contribution in [1.29, 1.82) is 0 Å². The first kappa shape index (κ1) is 14.4. The minimum absolute atomic E-state index is 0.0566. The number of carbonyl (C=O) groups excluding carboxylic acids is 1. The first-order valence-electron chi connectivity index (χ1n) is 6.89. The Bertz CT molecular complexity index is 491. The van der Waals surface area contributed by atoms with E-state index in [1.807, 2.05) is 0 Å². The van der Waals surface area contributed by atoms with Crippen LogP contribution in [0.3, 0.4) is 0 Å². The van der Waals surface area contributed by atoms with Gasteiger partial charge in [-0.25, -0.2) is 0 Å². The van der Waals surface area contributed by atoms with Crippen LogP contribution in [0, 0.1) is 5.92 Å². The number of amidine groups is 1. The van der Waals surface area contributed by atoms with E-state index >= 15 is 0 Å². The highest BCUT2D eigenvalue weighted by molar-refractivity contribution is 5.97. The van der Waals surface area contributed by atoms with Crippen molar-refractivity contribution < 1.29 is 10.0 Å². The molecule has 0 bridgehead atoms. The molecule has 1 atom stereocenters. The zero-order valence-electron chi connectivity index (χ0n) is 11.6. The lowest BCUT2D eigenvalue weighted by Crippen LogP contribution is -2.49. The molecule has 2 rings (SSSR count). The van der Waals surface area contributed by atoms with Gasteiger partial charge in [0.1, 0.15) is 5.69 Å². The highest BCUT2D eigenvalue weighted by Crippen LogP contribution is 2.26. The number of aryl methyl sites for hydroxylation is 1. The molecule has 1 amide bonds. The van der Waals surface area contributed by atoms with Crippen molar-refractivity contribution in [3.8, 4) is 0 Å². The molecule has 0 aliphatic heterocycles. The van der Waals surface area contributed by atoms with Crippen LogP contribution in [0.5, 0.6) is 0 Å². The maximum Gasteiger partial charge on any atom is 0.272 e. The van der Waals surface area contributed by atoms with Crippen molar-refractivity contribution in [2.24, 2.45) is 23.9 Å². The molecule has 1 fully saturated rings. The molecule has 1 aliphatic rings. The number of rotatable bonds is 4. The highest BCUT2D eigenvalue weighted by Gasteiger charge is 2.29. The summed E-state index contributed by atoms with van der Waals surface area (Å²) in [6.07, 6.45) is 7.08. The Labute approximate surface area is 117 Å². The third kappa shape index (κ3) is 3.28. The Morgan fingerprint density at radius 2 is 2.25 bits per heavy atom. The van der Waals surface area contributed by atoms with Crippen LogP contribution in [0.1, 0.15) is 42.6 Å². The Balaban J connectivity index is 2.09. The summed E-state index contributed by atoms with van der Waals surface area (Å²) >= 11 is 0. The van der Waals surface area contributed by atoms with Crippen molar-refractivity contribution in [3.05, 3.63) is 18.0 Å². The molecule has 1 aromatic heterocycles. The van der Waals surface area contributed by atoms with Crippen molar-refractivity contribution in [2.45, 2.75) is 38.1 Å². The predicted octanol–water partition coefficient (Wildman–Crippen LogP) is 0.845. The zero-order valence-corrected chi connectivity index (χ0v) is 11.6.